The zero-order valence-corrected chi connectivity index (χ0v) is 13.1. The van der Waals surface area contributed by atoms with E-state index in [9.17, 15) is 13.2 Å². The number of hydrogen-bond acceptors (Lipinski definition) is 6. The summed E-state index contributed by atoms with van der Waals surface area (Å²) in [6.07, 6.45) is -0.451. The number of nitrogens with one attached hydrogen (secondary N) is 1. The number of hydrogen-bond donors (Lipinski definition) is 1. The highest BCUT2D eigenvalue weighted by Gasteiger charge is 2.31. The molecule has 3 rings (SSSR count). The Bertz CT molecular complexity index is 877. The van der Waals surface area contributed by atoms with Crippen molar-refractivity contribution in [2.75, 3.05) is 5.32 Å². The summed E-state index contributed by atoms with van der Waals surface area (Å²) in [7, 11) is 0. The molecule has 0 saturated carbocycles. The van der Waals surface area contributed by atoms with Gasteiger partial charge in [-0.1, -0.05) is 11.6 Å². The van der Waals surface area contributed by atoms with E-state index in [1.165, 1.54) is 12.3 Å². The predicted octanol–water partition coefficient (Wildman–Crippen LogP) is 4.23. The van der Waals surface area contributed by atoms with Gasteiger partial charge in [0.15, 0.2) is 5.82 Å². The molecule has 25 heavy (non-hydrogen) atoms. The van der Waals surface area contributed by atoms with Crippen LogP contribution in [0, 0.1) is 0 Å². The molecule has 0 aliphatic rings. The van der Waals surface area contributed by atoms with E-state index >= 15 is 0 Å². The van der Waals surface area contributed by atoms with E-state index in [1.54, 1.807) is 24.5 Å². The summed E-state index contributed by atoms with van der Waals surface area (Å²) in [5.41, 5.74) is 0.634. The van der Waals surface area contributed by atoms with Gasteiger partial charge in [-0.15, -0.1) is 13.2 Å². The predicted molar refractivity (Wildman–Crippen MR) is 84.5 cm³/mol. The van der Waals surface area contributed by atoms with Gasteiger partial charge in [0.1, 0.15) is 22.5 Å². The lowest BCUT2D eigenvalue weighted by molar-refractivity contribution is -0.274. The molecular weight excluding hydrogens is 359 g/mol. The summed E-state index contributed by atoms with van der Waals surface area (Å²) in [6, 6.07) is 7.06. The van der Waals surface area contributed by atoms with Gasteiger partial charge >= 0.3 is 6.36 Å². The van der Waals surface area contributed by atoms with E-state index in [0.29, 0.717) is 11.4 Å². The standard InChI is InChI=1S/C15H9ClF3N5O/c16-11-7-13(24-14(22-11)9-2-1-4-20-8-9)23-12-6-10(3-5-21-12)25-15(17,18)19/h1-8H,(H,21,22,23,24). The number of ether oxygens (including phenoxy) is 1. The van der Waals surface area contributed by atoms with E-state index < -0.39 is 12.1 Å². The molecule has 0 spiro atoms. The topological polar surface area (TPSA) is 72.8 Å². The van der Waals surface area contributed by atoms with Crippen LogP contribution in [0.2, 0.25) is 5.15 Å². The van der Waals surface area contributed by atoms with Crippen LogP contribution in [0.4, 0.5) is 24.8 Å². The van der Waals surface area contributed by atoms with Gasteiger partial charge in [0, 0.05) is 36.3 Å². The maximum absolute atomic E-state index is 12.3. The first kappa shape index (κ1) is 16.9. The number of halogens is 4. The highest BCUT2D eigenvalue weighted by molar-refractivity contribution is 6.29. The number of nitrogens with zero attached hydrogens (tertiary/aromatic N) is 4. The van der Waals surface area contributed by atoms with Crippen LogP contribution in [0.3, 0.4) is 0 Å². The fourth-order valence-corrected chi connectivity index (χ4v) is 2.10. The van der Waals surface area contributed by atoms with Crippen LogP contribution in [-0.4, -0.2) is 26.3 Å². The third kappa shape index (κ3) is 4.77. The first-order valence-electron chi connectivity index (χ1n) is 6.83. The first-order chi connectivity index (χ1) is 11.9. The van der Waals surface area contributed by atoms with Gasteiger partial charge in [0.2, 0.25) is 0 Å². The zero-order chi connectivity index (χ0) is 17.9. The summed E-state index contributed by atoms with van der Waals surface area (Å²) >= 11 is 5.98. The Morgan fingerprint density at radius 3 is 2.60 bits per heavy atom. The van der Waals surface area contributed by atoms with Crippen molar-refractivity contribution < 1.29 is 17.9 Å². The largest absolute Gasteiger partial charge is 0.573 e. The Morgan fingerprint density at radius 2 is 1.88 bits per heavy atom. The first-order valence-corrected chi connectivity index (χ1v) is 7.21. The van der Waals surface area contributed by atoms with Gasteiger partial charge in [-0.3, -0.25) is 4.98 Å². The highest BCUT2D eigenvalue weighted by Crippen LogP contribution is 2.26. The molecule has 3 aromatic heterocycles. The molecule has 3 heterocycles. The summed E-state index contributed by atoms with van der Waals surface area (Å²) in [4.78, 5) is 16.2. The molecule has 0 radical (unpaired) electrons. The van der Waals surface area contributed by atoms with E-state index in [-0.39, 0.29) is 16.8 Å². The molecule has 6 nitrogen and oxygen atoms in total. The molecule has 0 saturated heterocycles. The molecule has 128 valence electrons. The van der Waals surface area contributed by atoms with Crippen molar-refractivity contribution >= 4 is 23.2 Å². The summed E-state index contributed by atoms with van der Waals surface area (Å²) in [5.74, 6) is 0.271. The van der Waals surface area contributed by atoms with Gasteiger partial charge in [0.25, 0.3) is 0 Å². The van der Waals surface area contributed by atoms with Crippen LogP contribution in [0.15, 0.2) is 48.9 Å². The minimum Gasteiger partial charge on any atom is -0.406 e. The number of aromatic nitrogens is 4. The van der Waals surface area contributed by atoms with Gasteiger partial charge in [0.05, 0.1) is 0 Å². The summed E-state index contributed by atoms with van der Waals surface area (Å²) in [6.45, 7) is 0. The molecular formula is C15H9ClF3N5O. The zero-order valence-electron chi connectivity index (χ0n) is 12.3. The lowest BCUT2D eigenvalue weighted by Gasteiger charge is -2.11. The van der Waals surface area contributed by atoms with Crippen molar-refractivity contribution in [1.29, 1.82) is 0 Å². The SMILES string of the molecule is FC(F)(F)Oc1ccnc(Nc2cc(Cl)nc(-c3cccnc3)n2)c1. The van der Waals surface area contributed by atoms with E-state index in [4.69, 9.17) is 11.6 Å². The fraction of sp³-hybridized carbons (Fsp3) is 0.0667. The fourth-order valence-electron chi connectivity index (χ4n) is 1.91. The Morgan fingerprint density at radius 1 is 1.04 bits per heavy atom. The summed E-state index contributed by atoms with van der Waals surface area (Å²) in [5, 5.41) is 2.92. The number of pyridine rings is 2. The van der Waals surface area contributed by atoms with Crippen LogP contribution in [0.5, 0.6) is 5.75 Å². The van der Waals surface area contributed by atoms with E-state index in [2.05, 4.69) is 30.0 Å². The van der Waals surface area contributed by atoms with E-state index in [1.807, 2.05) is 0 Å². The summed E-state index contributed by atoms with van der Waals surface area (Å²) < 4.78 is 40.7. The van der Waals surface area contributed by atoms with Crippen LogP contribution in [0.25, 0.3) is 11.4 Å². The molecule has 0 bridgehead atoms. The smallest absolute Gasteiger partial charge is 0.406 e. The van der Waals surface area contributed by atoms with Crippen molar-refractivity contribution in [2.45, 2.75) is 6.36 Å². The third-order valence-electron chi connectivity index (χ3n) is 2.84. The second-order valence-corrected chi connectivity index (χ2v) is 5.08. The van der Waals surface area contributed by atoms with Crippen LogP contribution >= 0.6 is 11.6 Å². The van der Waals surface area contributed by atoms with Crippen LogP contribution < -0.4 is 10.1 Å². The quantitative estimate of drug-likeness (QED) is 0.696. The average Bonchev–Trinajstić information content (AvgIpc) is 2.54. The maximum atomic E-state index is 12.3. The molecule has 10 heteroatoms. The van der Waals surface area contributed by atoms with Crippen molar-refractivity contribution in [3.05, 3.63) is 54.1 Å². The maximum Gasteiger partial charge on any atom is 0.573 e. The lowest BCUT2D eigenvalue weighted by atomic mass is 10.3. The Kier molecular flexibility index (Phi) is 4.66. The van der Waals surface area contributed by atoms with Gasteiger partial charge in [-0.25, -0.2) is 15.0 Å². The molecule has 1 N–H and O–H groups in total. The average molecular weight is 368 g/mol. The number of alkyl halides is 3. The normalized spacial score (nSPS) is 11.2. The van der Waals surface area contributed by atoms with Crippen molar-refractivity contribution in [3.63, 3.8) is 0 Å². The second-order valence-electron chi connectivity index (χ2n) is 4.69. The molecule has 0 aliphatic heterocycles. The number of rotatable bonds is 4. The minimum absolute atomic E-state index is 0.105. The Labute approximate surface area is 144 Å². The van der Waals surface area contributed by atoms with Gasteiger partial charge < -0.3 is 10.1 Å². The second kappa shape index (κ2) is 6.89. The molecule has 0 aliphatic carbocycles. The highest BCUT2D eigenvalue weighted by atomic mass is 35.5. The minimum atomic E-state index is -4.79. The van der Waals surface area contributed by atoms with Crippen LogP contribution in [-0.2, 0) is 0 Å². The molecule has 0 fully saturated rings. The Balaban J connectivity index is 1.86. The van der Waals surface area contributed by atoms with Crippen LogP contribution in [0.1, 0.15) is 0 Å². The van der Waals surface area contributed by atoms with Crippen molar-refractivity contribution in [3.8, 4) is 17.1 Å². The third-order valence-corrected chi connectivity index (χ3v) is 3.03. The monoisotopic (exact) mass is 367 g/mol. The van der Waals surface area contributed by atoms with Gasteiger partial charge in [-0.05, 0) is 18.2 Å². The molecule has 3 aromatic rings. The number of anilines is 2. The molecule has 0 aromatic carbocycles. The van der Waals surface area contributed by atoms with Crippen molar-refractivity contribution in [2.24, 2.45) is 0 Å². The molecule has 0 atom stereocenters. The molecule has 0 amide bonds. The van der Waals surface area contributed by atoms with Gasteiger partial charge in [-0.2, -0.15) is 0 Å². The van der Waals surface area contributed by atoms with E-state index in [0.717, 1.165) is 12.1 Å². The van der Waals surface area contributed by atoms with Crippen molar-refractivity contribution in [1.82, 2.24) is 19.9 Å². The lowest BCUT2D eigenvalue weighted by Crippen LogP contribution is -2.17. The Hall–Kier alpha value is -2.94. The molecule has 0 unspecified atom stereocenters.